The molecule has 16 heteroatoms. The molecule has 0 aliphatic rings. The molecule has 16 nitrogen and oxygen atoms in total. The van der Waals surface area contributed by atoms with E-state index in [-0.39, 0.29) is 84.2 Å². The van der Waals surface area contributed by atoms with Gasteiger partial charge in [0.05, 0.1) is 26.4 Å². The molecule has 0 aromatic heterocycles. The minimum absolute atomic E-state index is 0.0215. The summed E-state index contributed by atoms with van der Waals surface area (Å²) >= 11 is 0. The van der Waals surface area contributed by atoms with Crippen LogP contribution in [0.5, 0.6) is 0 Å². The maximum absolute atomic E-state index is 13.1. The van der Waals surface area contributed by atoms with E-state index in [1.807, 2.05) is 32.1 Å². The largest absolute Gasteiger partial charge is 0.508 e. The average molecular weight is 1010 g/mol. The first-order valence-electron chi connectivity index (χ1n) is 26.8. The van der Waals surface area contributed by atoms with E-state index in [9.17, 15) is 33.6 Å². The monoisotopic (exact) mass is 1010 g/mol. The highest BCUT2D eigenvalue weighted by Gasteiger charge is 2.38. The Bertz CT molecular complexity index is 1360. The van der Waals surface area contributed by atoms with Crippen LogP contribution >= 0.6 is 0 Å². The molecule has 0 aliphatic carbocycles. The number of rotatable bonds is 47. The number of carbonyl (C=O) groups is 7. The second-order valence-electron chi connectivity index (χ2n) is 17.7. The molecule has 0 aromatic carbocycles. The van der Waals surface area contributed by atoms with Gasteiger partial charge in [0.1, 0.15) is 31.8 Å². The Morgan fingerprint density at radius 2 is 0.648 bits per heavy atom. The number of ether oxygens (including phenoxy) is 8. The smallest absolute Gasteiger partial charge is 0.465 e. The Hall–Kier alpha value is -4.73. The van der Waals surface area contributed by atoms with Crippen molar-refractivity contribution in [3.8, 4) is 0 Å². The molecule has 408 valence electrons. The molecule has 0 saturated heterocycles. The van der Waals surface area contributed by atoms with E-state index < -0.39 is 73.8 Å². The molecule has 0 rings (SSSR count). The van der Waals surface area contributed by atoms with E-state index in [4.69, 9.17) is 37.9 Å². The molecule has 0 aliphatic heterocycles. The lowest BCUT2D eigenvalue weighted by Gasteiger charge is -2.31. The van der Waals surface area contributed by atoms with Crippen molar-refractivity contribution < 1.29 is 71.5 Å². The van der Waals surface area contributed by atoms with Crippen molar-refractivity contribution in [3.63, 3.8) is 0 Å². The summed E-state index contributed by atoms with van der Waals surface area (Å²) in [5.74, 6) is -3.47. The number of unbranched alkanes of at least 4 members (excludes halogenated alkanes) is 9. The van der Waals surface area contributed by atoms with E-state index in [0.29, 0.717) is 32.2 Å². The normalized spacial score (nSPS) is 11.6. The molecule has 0 N–H and O–H groups in total. The van der Waals surface area contributed by atoms with Gasteiger partial charge in [0.15, 0.2) is 0 Å². The predicted molar refractivity (Wildman–Crippen MR) is 273 cm³/mol. The molecule has 71 heavy (non-hydrogen) atoms. The van der Waals surface area contributed by atoms with E-state index in [0.717, 1.165) is 70.9 Å². The summed E-state index contributed by atoms with van der Waals surface area (Å²) in [5, 5.41) is 0. The van der Waals surface area contributed by atoms with Crippen molar-refractivity contribution in [3.05, 3.63) is 36.5 Å². The first kappa shape index (κ1) is 66.3. The van der Waals surface area contributed by atoms with Gasteiger partial charge in [-0.25, -0.2) is 4.79 Å². The fourth-order valence-corrected chi connectivity index (χ4v) is 6.72. The molecular weight excluding hydrogens is 915 g/mol. The summed E-state index contributed by atoms with van der Waals surface area (Å²) in [4.78, 5) is 91.3. The lowest BCUT2D eigenvalue weighted by molar-refractivity contribution is -0.166. The predicted octanol–water partition coefficient (Wildman–Crippen LogP) is 11.2. The van der Waals surface area contributed by atoms with Crippen molar-refractivity contribution in [2.75, 3.05) is 72.5 Å². The molecule has 0 spiro atoms. The molecule has 0 atom stereocenters. The summed E-state index contributed by atoms with van der Waals surface area (Å²) in [6.07, 6.45) is 26.6. The third-order valence-corrected chi connectivity index (χ3v) is 11.2. The van der Waals surface area contributed by atoms with Crippen LogP contribution in [0.25, 0.3) is 0 Å². The Morgan fingerprint density at radius 1 is 0.338 bits per heavy atom. The lowest BCUT2D eigenvalue weighted by Crippen LogP contribution is -2.44. The van der Waals surface area contributed by atoms with Crippen molar-refractivity contribution in [1.82, 2.24) is 4.90 Å². The lowest BCUT2D eigenvalue weighted by atomic mass is 9.92. The first-order chi connectivity index (χ1) is 34.4. The molecule has 0 radical (unpaired) electrons. The Labute approximate surface area is 426 Å². The number of hydrogen-bond acceptors (Lipinski definition) is 16. The SMILES string of the molecule is CCCCC/C=C\CCOC(=O)CCCC(=O)OCC(COC(=O)CCCC(=O)OCC/C=C\CCCCC)(COC(=O)CCCC(=O)OCC/C=C\CCCCC)COC(=O)OCCCN(CC)CC. The van der Waals surface area contributed by atoms with Gasteiger partial charge in [0.25, 0.3) is 0 Å². The third kappa shape index (κ3) is 42.6. The van der Waals surface area contributed by atoms with Crippen molar-refractivity contribution in [2.24, 2.45) is 5.41 Å². The molecule has 0 aromatic rings. The molecular formula is C55H93NO15. The van der Waals surface area contributed by atoms with Gasteiger partial charge < -0.3 is 42.8 Å². The van der Waals surface area contributed by atoms with E-state index in [1.54, 1.807) is 0 Å². The zero-order valence-corrected chi connectivity index (χ0v) is 44.5. The quantitative estimate of drug-likeness (QED) is 0.0241. The fraction of sp³-hybridized carbons (Fsp3) is 0.764. The van der Waals surface area contributed by atoms with E-state index in [2.05, 4.69) is 43.9 Å². The summed E-state index contributed by atoms with van der Waals surface area (Å²) in [6.45, 7) is 11.5. The zero-order valence-electron chi connectivity index (χ0n) is 44.5. The van der Waals surface area contributed by atoms with E-state index in [1.165, 1.54) is 19.3 Å². The van der Waals surface area contributed by atoms with Crippen LogP contribution in [0.4, 0.5) is 4.79 Å². The van der Waals surface area contributed by atoms with Crippen molar-refractivity contribution in [2.45, 2.75) is 195 Å². The van der Waals surface area contributed by atoms with Gasteiger partial charge in [0, 0.05) is 45.1 Å². The minimum atomic E-state index is -1.60. The van der Waals surface area contributed by atoms with Crippen LogP contribution in [0.1, 0.15) is 195 Å². The molecule has 0 unspecified atom stereocenters. The van der Waals surface area contributed by atoms with Crippen LogP contribution in [-0.4, -0.2) is 119 Å². The molecule has 0 heterocycles. The van der Waals surface area contributed by atoms with Crippen molar-refractivity contribution >= 4 is 42.0 Å². The second-order valence-corrected chi connectivity index (χ2v) is 17.7. The highest BCUT2D eigenvalue weighted by Crippen LogP contribution is 2.23. The third-order valence-electron chi connectivity index (χ3n) is 11.2. The van der Waals surface area contributed by atoms with Crippen LogP contribution in [0, 0.1) is 5.41 Å². The fourth-order valence-electron chi connectivity index (χ4n) is 6.72. The topological polar surface area (TPSA) is 197 Å². The first-order valence-corrected chi connectivity index (χ1v) is 26.8. The number of esters is 6. The van der Waals surface area contributed by atoms with E-state index >= 15 is 0 Å². The van der Waals surface area contributed by atoms with Crippen LogP contribution in [0.3, 0.4) is 0 Å². The maximum Gasteiger partial charge on any atom is 0.508 e. The minimum Gasteiger partial charge on any atom is -0.465 e. The summed E-state index contributed by atoms with van der Waals surface area (Å²) in [5.41, 5.74) is -1.60. The maximum atomic E-state index is 13.1. The summed E-state index contributed by atoms with van der Waals surface area (Å²) < 4.78 is 43.5. The number of carbonyl (C=O) groups excluding carboxylic acids is 7. The molecule has 0 fully saturated rings. The Morgan fingerprint density at radius 3 is 0.972 bits per heavy atom. The van der Waals surface area contributed by atoms with Crippen LogP contribution < -0.4 is 0 Å². The molecule has 0 bridgehead atoms. The van der Waals surface area contributed by atoms with Gasteiger partial charge in [-0.3, -0.25) is 28.8 Å². The number of nitrogens with zero attached hydrogens (tertiary/aromatic N) is 1. The standard InChI is InChI=1S/C55H93NO15/c1-6-11-14-17-20-23-26-40-64-48(57)33-29-36-51(60)68-44-55(47-71-54(63)67-43-32-39-56(9-4)10-5,45-69-52(61)37-30-34-49(58)65-41-27-24-21-18-15-12-7-2)46-70-53(62)38-31-35-50(59)66-42-28-25-22-19-16-13-8-3/h20-25H,6-19,26-47H2,1-5H3/b23-20-,24-21-,25-22-. The second kappa shape index (κ2) is 47.6. The number of allylic oxidation sites excluding steroid dienone is 3. The van der Waals surface area contributed by atoms with Gasteiger partial charge in [-0.1, -0.05) is 110 Å². The van der Waals surface area contributed by atoms with Gasteiger partial charge in [0.2, 0.25) is 0 Å². The summed E-state index contributed by atoms with van der Waals surface area (Å²) in [7, 11) is 0. The van der Waals surface area contributed by atoms with Gasteiger partial charge in [-0.2, -0.15) is 0 Å². The highest BCUT2D eigenvalue weighted by molar-refractivity contribution is 5.74. The zero-order chi connectivity index (χ0) is 52.5. The van der Waals surface area contributed by atoms with Crippen molar-refractivity contribution in [1.29, 1.82) is 0 Å². The van der Waals surface area contributed by atoms with Crippen LogP contribution in [-0.2, 0) is 66.7 Å². The van der Waals surface area contributed by atoms with Crippen LogP contribution in [0.15, 0.2) is 36.5 Å². The van der Waals surface area contributed by atoms with Crippen LogP contribution in [0.2, 0.25) is 0 Å². The molecule has 0 saturated carbocycles. The highest BCUT2D eigenvalue weighted by atomic mass is 16.7. The van der Waals surface area contributed by atoms with Gasteiger partial charge in [-0.05, 0) is 96.6 Å². The Balaban J connectivity index is 5.76. The number of hydrogen-bond donors (Lipinski definition) is 0. The van der Waals surface area contributed by atoms with Gasteiger partial charge in [-0.15, -0.1) is 0 Å². The molecule has 0 amide bonds. The average Bonchev–Trinajstić information content (AvgIpc) is 3.36. The summed E-state index contributed by atoms with van der Waals surface area (Å²) in [6, 6.07) is 0. The van der Waals surface area contributed by atoms with Gasteiger partial charge >= 0.3 is 42.0 Å². The Kier molecular flexibility index (Phi) is 44.4.